The van der Waals surface area contributed by atoms with Crippen molar-refractivity contribution in [3.63, 3.8) is 0 Å². The van der Waals surface area contributed by atoms with Gasteiger partial charge in [0, 0.05) is 14.1 Å². The van der Waals surface area contributed by atoms with E-state index in [2.05, 4.69) is 16.3 Å². The van der Waals surface area contributed by atoms with Gasteiger partial charge in [0.25, 0.3) is 0 Å². The van der Waals surface area contributed by atoms with Gasteiger partial charge in [-0.15, -0.1) is 5.10 Å². The van der Waals surface area contributed by atoms with Crippen LogP contribution in [0, 0.1) is 0 Å². The Bertz CT molecular complexity index is 294. The Balaban J connectivity index is 2.39. The van der Waals surface area contributed by atoms with E-state index in [-0.39, 0.29) is 0 Å². The van der Waals surface area contributed by atoms with E-state index in [0.29, 0.717) is 0 Å². The molecule has 0 aliphatic heterocycles. The minimum atomic E-state index is 0.968. The van der Waals surface area contributed by atoms with Crippen LogP contribution in [-0.2, 0) is 12.8 Å². The first-order valence-electron chi connectivity index (χ1n) is 4.30. The summed E-state index contributed by atoms with van der Waals surface area (Å²) in [4.78, 5) is 1.99. The first-order valence-corrected chi connectivity index (χ1v) is 4.30. The van der Waals surface area contributed by atoms with Crippen molar-refractivity contribution in [1.82, 2.24) is 10.2 Å². The minimum absolute atomic E-state index is 0.968. The molecule has 3 nitrogen and oxygen atoms in total. The van der Waals surface area contributed by atoms with E-state index in [1.54, 1.807) is 0 Å². The van der Waals surface area contributed by atoms with Gasteiger partial charge in [0.2, 0.25) is 0 Å². The maximum atomic E-state index is 4.19. The molecule has 0 fully saturated rings. The monoisotopic (exact) mass is 163 g/mol. The van der Waals surface area contributed by atoms with Gasteiger partial charge in [0.1, 0.15) is 0 Å². The van der Waals surface area contributed by atoms with Crippen LogP contribution in [0.4, 0.5) is 5.82 Å². The molecule has 1 aromatic rings. The van der Waals surface area contributed by atoms with Gasteiger partial charge in [-0.3, -0.25) is 0 Å². The van der Waals surface area contributed by atoms with E-state index in [9.17, 15) is 0 Å². The molecule has 0 radical (unpaired) electrons. The van der Waals surface area contributed by atoms with Crippen LogP contribution in [0.3, 0.4) is 0 Å². The molecule has 1 aromatic heterocycles. The third kappa shape index (κ3) is 1.15. The first-order chi connectivity index (χ1) is 5.77. The summed E-state index contributed by atoms with van der Waals surface area (Å²) in [7, 11) is 3.98. The highest BCUT2D eigenvalue weighted by Crippen LogP contribution is 2.21. The quantitative estimate of drug-likeness (QED) is 0.619. The van der Waals surface area contributed by atoms with Gasteiger partial charge in [0.05, 0.1) is 5.69 Å². The van der Waals surface area contributed by atoms with Crippen molar-refractivity contribution in [2.45, 2.75) is 19.3 Å². The van der Waals surface area contributed by atoms with Gasteiger partial charge in [-0.2, -0.15) is 5.10 Å². The second-order valence-corrected chi connectivity index (χ2v) is 3.42. The Hall–Kier alpha value is -1.12. The normalized spacial score (nSPS) is 14.5. The van der Waals surface area contributed by atoms with Crippen molar-refractivity contribution >= 4 is 5.82 Å². The molecule has 0 amide bonds. The van der Waals surface area contributed by atoms with Crippen LogP contribution >= 0.6 is 0 Å². The van der Waals surface area contributed by atoms with Crippen LogP contribution in [-0.4, -0.2) is 24.3 Å². The number of fused-ring (bicyclic) bond motifs is 1. The second-order valence-electron chi connectivity index (χ2n) is 3.42. The topological polar surface area (TPSA) is 29.0 Å². The number of aryl methyl sites for hydroxylation is 2. The molecule has 0 saturated heterocycles. The Morgan fingerprint density at radius 3 is 2.83 bits per heavy atom. The lowest BCUT2D eigenvalue weighted by molar-refractivity contribution is 0.872. The largest absolute Gasteiger partial charge is 0.361 e. The molecule has 1 aliphatic carbocycles. The van der Waals surface area contributed by atoms with Crippen LogP contribution < -0.4 is 4.90 Å². The zero-order valence-corrected chi connectivity index (χ0v) is 7.54. The summed E-state index contributed by atoms with van der Waals surface area (Å²) in [6, 6.07) is 2.15. The van der Waals surface area contributed by atoms with E-state index in [1.165, 1.54) is 24.1 Å². The highest BCUT2D eigenvalue weighted by molar-refractivity contribution is 5.40. The summed E-state index contributed by atoms with van der Waals surface area (Å²) >= 11 is 0. The zero-order valence-electron chi connectivity index (χ0n) is 7.54. The Kier molecular flexibility index (Phi) is 1.71. The smallest absolute Gasteiger partial charge is 0.151 e. The molecule has 0 unspecified atom stereocenters. The van der Waals surface area contributed by atoms with Crippen LogP contribution in [0.25, 0.3) is 0 Å². The summed E-state index contributed by atoms with van der Waals surface area (Å²) in [5, 5.41) is 8.31. The molecular weight excluding hydrogens is 150 g/mol. The number of aromatic nitrogens is 2. The lowest BCUT2D eigenvalue weighted by Gasteiger charge is -2.10. The minimum Gasteiger partial charge on any atom is -0.361 e. The summed E-state index contributed by atoms with van der Waals surface area (Å²) in [6.07, 6.45) is 3.52. The number of hydrogen-bond donors (Lipinski definition) is 0. The van der Waals surface area contributed by atoms with E-state index in [0.717, 1.165) is 12.2 Å². The van der Waals surface area contributed by atoms with Crippen LogP contribution in [0.5, 0.6) is 0 Å². The molecule has 0 bridgehead atoms. The summed E-state index contributed by atoms with van der Waals surface area (Å²) in [6.45, 7) is 0. The molecule has 0 spiro atoms. The van der Waals surface area contributed by atoms with Crippen LogP contribution in [0.1, 0.15) is 17.7 Å². The fraction of sp³-hybridized carbons (Fsp3) is 0.556. The molecule has 3 heteroatoms. The summed E-state index contributed by atoms with van der Waals surface area (Å²) < 4.78 is 0. The fourth-order valence-electron chi connectivity index (χ4n) is 1.54. The predicted octanol–water partition coefficient (Wildman–Crippen LogP) is 1.03. The van der Waals surface area contributed by atoms with Crippen molar-refractivity contribution in [3.8, 4) is 0 Å². The Morgan fingerprint density at radius 1 is 1.25 bits per heavy atom. The number of hydrogen-bond acceptors (Lipinski definition) is 3. The molecule has 1 heterocycles. The molecule has 0 atom stereocenters. The van der Waals surface area contributed by atoms with Gasteiger partial charge >= 0.3 is 0 Å². The van der Waals surface area contributed by atoms with E-state index >= 15 is 0 Å². The molecule has 2 rings (SSSR count). The van der Waals surface area contributed by atoms with Crippen LogP contribution in [0.2, 0.25) is 0 Å². The number of nitrogens with zero attached hydrogens (tertiary/aromatic N) is 3. The third-order valence-electron chi connectivity index (χ3n) is 2.27. The second kappa shape index (κ2) is 2.73. The van der Waals surface area contributed by atoms with E-state index < -0.39 is 0 Å². The van der Waals surface area contributed by atoms with Gasteiger partial charge in [-0.05, 0) is 30.9 Å². The van der Waals surface area contributed by atoms with Crippen molar-refractivity contribution in [3.05, 3.63) is 17.3 Å². The highest BCUT2D eigenvalue weighted by atomic mass is 15.2. The molecule has 0 saturated carbocycles. The van der Waals surface area contributed by atoms with Gasteiger partial charge < -0.3 is 4.90 Å². The maximum absolute atomic E-state index is 4.19. The molecule has 0 aromatic carbocycles. The Labute approximate surface area is 72.4 Å². The number of rotatable bonds is 1. The average molecular weight is 163 g/mol. The van der Waals surface area contributed by atoms with Crippen molar-refractivity contribution in [2.75, 3.05) is 19.0 Å². The number of anilines is 1. The summed E-state index contributed by atoms with van der Waals surface area (Å²) in [5.41, 5.74) is 2.58. The lowest BCUT2D eigenvalue weighted by Crippen LogP contribution is -2.12. The standard InChI is InChI=1S/C9H13N3/c1-12(2)9-6-7-4-3-5-8(7)10-11-9/h6H,3-5H2,1-2H3. The van der Waals surface area contributed by atoms with Crippen LogP contribution in [0.15, 0.2) is 6.07 Å². The van der Waals surface area contributed by atoms with Gasteiger partial charge in [-0.1, -0.05) is 0 Å². The van der Waals surface area contributed by atoms with Crippen molar-refractivity contribution in [2.24, 2.45) is 0 Å². The molecule has 64 valence electrons. The summed E-state index contributed by atoms with van der Waals surface area (Å²) in [5.74, 6) is 0.968. The molecule has 12 heavy (non-hydrogen) atoms. The van der Waals surface area contributed by atoms with Gasteiger partial charge in [0.15, 0.2) is 5.82 Å². The highest BCUT2D eigenvalue weighted by Gasteiger charge is 2.13. The van der Waals surface area contributed by atoms with E-state index in [1.807, 2.05) is 19.0 Å². The van der Waals surface area contributed by atoms with Gasteiger partial charge in [-0.25, -0.2) is 0 Å². The molecule has 0 N–H and O–H groups in total. The zero-order chi connectivity index (χ0) is 8.55. The fourth-order valence-corrected chi connectivity index (χ4v) is 1.54. The van der Waals surface area contributed by atoms with Crippen molar-refractivity contribution in [1.29, 1.82) is 0 Å². The molecular formula is C9H13N3. The third-order valence-corrected chi connectivity index (χ3v) is 2.27. The van der Waals surface area contributed by atoms with Crippen molar-refractivity contribution < 1.29 is 0 Å². The SMILES string of the molecule is CN(C)c1cc2c(nn1)CCC2. The van der Waals surface area contributed by atoms with E-state index in [4.69, 9.17) is 0 Å². The Morgan fingerprint density at radius 2 is 2.08 bits per heavy atom. The predicted molar refractivity (Wildman–Crippen MR) is 48.4 cm³/mol. The lowest BCUT2D eigenvalue weighted by atomic mass is 10.2. The molecule has 1 aliphatic rings. The first kappa shape index (κ1) is 7.53. The average Bonchev–Trinajstić information content (AvgIpc) is 2.49. The maximum Gasteiger partial charge on any atom is 0.151 e.